The highest BCUT2D eigenvalue weighted by Gasteiger charge is 2.36. The van der Waals surface area contributed by atoms with E-state index in [4.69, 9.17) is 9.72 Å². The molecule has 2 aliphatic heterocycles. The summed E-state index contributed by atoms with van der Waals surface area (Å²) in [7, 11) is 1.52. The number of methoxy groups -OCH3 is 1. The van der Waals surface area contributed by atoms with Crippen LogP contribution >= 0.6 is 0 Å². The molecule has 8 heteroatoms. The Kier molecular flexibility index (Phi) is 5.99. The Labute approximate surface area is 170 Å². The molecule has 4 rings (SSSR count). The summed E-state index contributed by atoms with van der Waals surface area (Å²) < 4.78 is 4.93. The molecule has 0 bridgehead atoms. The van der Waals surface area contributed by atoms with Crippen molar-refractivity contribution in [3.05, 3.63) is 27.9 Å². The second-order valence-corrected chi connectivity index (χ2v) is 8.54. The number of aromatic amines is 1. The molecule has 1 aliphatic carbocycles. The van der Waals surface area contributed by atoms with Crippen molar-refractivity contribution in [2.24, 2.45) is 5.92 Å². The number of likely N-dealkylation sites (tertiary alicyclic amines) is 2. The van der Waals surface area contributed by atoms with E-state index in [1.54, 1.807) is 6.07 Å². The third-order valence-corrected chi connectivity index (χ3v) is 6.36. The molecule has 8 nitrogen and oxygen atoms in total. The Balaban J connectivity index is 1.43. The van der Waals surface area contributed by atoms with E-state index in [9.17, 15) is 14.4 Å². The highest BCUT2D eigenvalue weighted by Crippen LogP contribution is 2.34. The molecule has 1 aromatic heterocycles. The average molecular weight is 402 g/mol. The fraction of sp³-hybridized carbons (Fsp3) is 0.714. The average Bonchev–Trinajstić information content (AvgIpc) is 3.58. The number of nitrogens with one attached hydrogen (secondary N) is 1. The number of nitrogens with zero attached hydrogens (tertiary/aromatic N) is 3. The summed E-state index contributed by atoms with van der Waals surface area (Å²) in [5.41, 5.74) is 0.670. The van der Waals surface area contributed by atoms with Crippen LogP contribution < -0.4 is 5.56 Å². The van der Waals surface area contributed by atoms with Gasteiger partial charge in [-0.25, -0.2) is 4.98 Å². The number of hydrogen-bond donors (Lipinski definition) is 1. The minimum absolute atomic E-state index is 0.00350. The first-order valence-corrected chi connectivity index (χ1v) is 10.7. The lowest BCUT2D eigenvalue weighted by atomic mass is 9.92. The molecule has 2 saturated heterocycles. The SMILES string of the molecule is COCC(=O)N1CCC(c2nc(C3CCCN(C(=O)C4CC4)C3)cc(=O)[nH]2)CC1. The summed E-state index contributed by atoms with van der Waals surface area (Å²) in [4.78, 5) is 48.3. The maximum atomic E-state index is 12.4. The first kappa shape index (κ1) is 20.1. The molecule has 1 saturated carbocycles. The second kappa shape index (κ2) is 8.65. The molecular weight excluding hydrogens is 372 g/mol. The number of piperidine rings is 2. The lowest BCUT2D eigenvalue weighted by molar-refractivity contribution is -0.136. The monoisotopic (exact) mass is 402 g/mol. The van der Waals surface area contributed by atoms with E-state index in [1.165, 1.54) is 7.11 Å². The van der Waals surface area contributed by atoms with Crippen molar-refractivity contribution in [2.75, 3.05) is 39.9 Å². The van der Waals surface area contributed by atoms with Gasteiger partial charge in [0.2, 0.25) is 11.8 Å². The van der Waals surface area contributed by atoms with Gasteiger partial charge in [-0.15, -0.1) is 0 Å². The van der Waals surface area contributed by atoms with Gasteiger partial charge in [0.05, 0.1) is 5.69 Å². The van der Waals surface area contributed by atoms with Crippen molar-refractivity contribution in [1.29, 1.82) is 0 Å². The number of hydrogen-bond acceptors (Lipinski definition) is 5. The van der Waals surface area contributed by atoms with Crippen LogP contribution in [0.15, 0.2) is 10.9 Å². The third kappa shape index (κ3) is 4.69. The quantitative estimate of drug-likeness (QED) is 0.799. The van der Waals surface area contributed by atoms with E-state index >= 15 is 0 Å². The fourth-order valence-corrected chi connectivity index (χ4v) is 4.52. The van der Waals surface area contributed by atoms with Gasteiger partial charge in [-0.1, -0.05) is 0 Å². The molecule has 0 aromatic carbocycles. The Morgan fingerprint density at radius 1 is 1.10 bits per heavy atom. The molecule has 1 aromatic rings. The van der Waals surface area contributed by atoms with Gasteiger partial charge < -0.3 is 19.5 Å². The van der Waals surface area contributed by atoms with Gasteiger partial charge in [-0.2, -0.15) is 0 Å². The Hall–Kier alpha value is -2.22. The zero-order valence-corrected chi connectivity index (χ0v) is 17.1. The summed E-state index contributed by atoms with van der Waals surface area (Å²) in [6.07, 6.45) is 5.48. The number of H-pyrrole nitrogens is 1. The highest BCUT2D eigenvalue weighted by molar-refractivity contribution is 5.81. The summed E-state index contributed by atoms with van der Waals surface area (Å²) in [6.45, 7) is 2.87. The van der Waals surface area contributed by atoms with Crippen LogP contribution in [0.1, 0.15) is 61.9 Å². The van der Waals surface area contributed by atoms with Crippen LogP contribution in [-0.2, 0) is 14.3 Å². The van der Waals surface area contributed by atoms with Crippen LogP contribution in [0.25, 0.3) is 0 Å². The van der Waals surface area contributed by atoms with Gasteiger partial charge in [0, 0.05) is 57.1 Å². The summed E-state index contributed by atoms with van der Waals surface area (Å²) in [5, 5.41) is 0. The van der Waals surface area contributed by atoms with Gasteiger partial charge in [-0.05, 0) is 38.5 Å². The first-order valence-electron chi connectivity index (χ1n) is 10.7. The van der Waals surface area contributed by atoms with Gasteiger partial charge in [-0.3, -0.25) is 14.4 Å². The molecule has 1 N–H and O–H groups in total. The van der Waals surface area contributed by atoms with E-state index in [0.29, 0.717) is 19.6 Å². The third-order valence-electron chi connectivity index (χ3n) is 6.36. The summed E-state index contributed by atoms with van der Waals surface area (Å²) >= 11 is 0. The molecule has 0 spiro atoms. The van der Waals surface area contributed by atoms with Crippen LogP contribution in [0.2, 0.25) is 0 Å². The Morgan fingerprint density at radius 3 is 2.55 bits per heavy atom. The summed E-state index contributed by atoms with van der Waals surface area (Å²) in [6, 6.07) is 1.59. The number of amides is 2. The number of carbonyl (C=O) groups excluding carboxylic acids is 2. The largest absolute Gasteiger partial charge is 0.375 e. The number of rotatable bonds is 5. The predicted molar refractivity (Wildman–Crippen MR) is 107 cm³/mol. The maximum Gasteiger partial charge on any atom is 0.251 e. The second-order valence-electron chi connectivity index (χ2n) is 8.54. The minimum Gasteiger partial charge on any atom is -0.375 e. The fourth-order valence-electron chi connectivity index (χ4n) is 4.52. The van der Waals surface area contributed by atoms with Crippen molar-refractivity contribution in [3.8, 4) is 0 Å². The molecule has 0 radical (unpaired) electrons. The van der Waals surface area contributed by atoms with Gasteiger partial charge in [0.15, 0.2) is 0 Å². The molecule has 158 valence electrons. The molecular formula is C21H30N4O4. The maximum absolute atomic E-state index is 12.4. The molecule has 1 atom stereocenters. The van der Waals surface area contributed by atoms with Crippen molar-refractivity contribution < 1.29 is 14.3 Å². The van der Waals surface area contributed by atoms with Gasteiger partial charge in [0.1, 0.15) is 12.4 Å². The standard InChI is InChI=1S/C21H30N4O4/c1-29-13-19(27)24-9-6-14(7-10-24)20-22-17(11-18(26)23-20)16-3-2-8-25(12-16)21(28)15-4-5-15/h11,14-16H,2-10,12-13H2,1H3,(H,22,23,26). The van der Waals surface area contributed by atoms with Crippen LogP contribution in [0.3, 0.4) is 0 Å². The normalized spacial score (nSPS) is 23.3. The Morgan fingerprint density at radius 2 is 1.86 bits per heavy atom. The molecule has 3 fully saturated rings. The van der Waals surface area contributed by atoms with E-state index < -0.39 is 0 Å². The number of ether oxygens (including phenoxy) is 1. The van der Waals surface area contributed by atoms with Crippen molar-refractivity contribution in [3.63, 3.8) is 0 Å². The zero-order valence-electron chi connectivity index (χ0n) is 17.1. The van der Waals surface area contributed by atoms with Gasteiger partial charge in [0.25, 0.3) is 5.56 Å². The molecule has 1 unspecified atom stereocenters. The summed E-state index contributed by atoms with van der Waals surface area (Å²) in [5.74, 6) is 1.48. The molecule has 3 aliphatic rings. The number of aromatic nitrogens is 2. The highest BCUT2D eigenvalue weighted by atomic mass is 16.5. The van der Waals surface area contributed by atoms with E-state index in [0.717, 1.165) is 56.6 Å². The minimum atomic E-state index is -0.131. The lowest BCUT2D eigenvalue weighted by Crippen LogP contribution is -2.41. The van der Waals surface area contributed by atoms with Crippen LogP contribution in [0.5, 0.6) is 0 Å². The molecule has 2 amide bonds. The van der Waals surface area contributed by atoms with Crippen LogP contribution in [-0.4, -0.2) is 71.5 Å². The lowest BCUT2D eigenvalue weighted by Gasteiger charge is -2.33. The van der Waals surface area contributed by atoms with E-state index in [2.05, 4.69) is 4.98 Å². The van der Waals surface area contributed by atoms with Gasteiger partial charge >= 0.3 is 0 Å². The Bertz CT molecular complexity index is 811. The van der Waals surface area contributed by atoms with Crippen molar-refractivity contribution in [1.82, 2.24) is 19.8 Å². The van der Waals surface area contributed by atoms with Crippen LogP contribution in [0.4, 0.5) is 0 Å². The van der Waals surface area contributed by atoms with Crippen molar-refractivity contribution >= 4 is 11.8 Å². The van der Waals surface area contributed by atoms with Crippen LogP contribution in [0, 0.1) is 5.92 Å². The predicted octanol–water partition coefficient (Wildman–Crippen LogP) is 1.24. The molecule has 29 heavy (non-hydrogen) atoms. The number of carbonyl (C=O) groups is 2. The first-order chi connectivity index (χ1) is 14.0. The smallest absolute Gasteiger partial charge is 0.251 e. The zero-order chi connectivity index (χ0) is 20.4. The molecule has 3 heterocycles. The topological polar surface area (TPSA) is 95.6 Å². The van der Waals surface area contributed by atoms with Crippen molar-refractivity contribution in [2.45, 2.75) is 50.4 Å². The van der Waals surface area contributed by atoms with E-state index in [-0.39, 0.29) is 41.7 Å². The van der Waals surface area contributed by atoms with E-state index in [1.807, 2.05) is 9.80 Å².